The molecule has 19 heavy (non-hydrogen) atoms. The highest BCUT2D eigenvalue weighted by Crippen LogP contribution is 2.69. The molecule has 2 atom stereocenters. The maximum absolute atomic E-state index is 4.55. The Morgan fingerprint density at radius 3 is 2.37 bits per heavy atom. The SMILES string of the molecule is Cc1ccnn1CC12CC3CC(C)(CC(C)(C3)C1)C2. The standard InChI is InChI=1S/C17H26N2/c1-13-4-5-18-19(13)12-17-8-14-6-15(2,10-17)9-16(3,7-14)11-17/h4-5,14H,6-12H2,1-3H3. The third-order valence-electron chi connectivity index (χ3n) is 6.16. The van der Waals surface area contributed by atoms with Gasteiger partial charge in [-0.15, -0.1) is 0 Å². The van der Waals surface area contributed by atoms with Crippen molar-refractivity contribution in [3.8, 4) is 0 Å². The normalized spacial score (nSPS) is 47.8. The van der Waals surface area contributed by atoms with E-state index in [-0.39, 0.29) is 0 Å². The monoisotopic (exact) mass is 258 g/mol. The summed E-state index contributed by atoms with van der Waals surface area (Å²) in [6, 6.07) is 2.14. The van der Waals surface area contributed by atoms with Crippen molar-refractivity contribution in [3.63, 3.8) is 0 Å². The van der Waals surface area contributed by atoms with Crippen molar-refractivity contribution in [2.45, 2.75) is 65.8 Å². The van der Waals surface area contributed by atoms with E-state index in [0.717, 1.165) is 12.5 Å². The van der Waals surface area contributed by atoms with Crippen molar-refractivity contribution in [1.29, 1.82) is 0 Å². The van der Waals surface area contributed by atoms with Crippen LogP contribution in [0, 0.1) is 29.1 Å². The first-order chi connectivity index (χ1) is 8.90. The lowest BCUT2D eigenvalue weighted by Gasteiger charge is -2.65. The predicted octanol–water partition coefficient (Wildman–Crippen LogP) is 4.19. The lowest BCUT2D eigenvalue weighted by Crippen LogP contribution is -2.56. The van der Waals surface area contributed by atoms with Crippen LogP contribution in [0.3, 0.4) is 0 Å². The molecule has 1 aromatic rings. The van der Waals surface area contributed by atoms with Gasteiger partial charge in [-0.2, -0.15) is 5.10 Å². The number of aromatic nitrogens is 2. The molecule has 0 saturated heterocycles. The van der Waals surface area contributed by atoms with Crippen LogP contribution in [0.25, 0.3) is 0 Å². The second-order valence-electron chi connectivity index (χ2n) is 8.76. The lowest BCUT2D eigenvalue weighted by atomic mass is 9.40. The zero-order valence-corrected chi connectivity index (χ0v) is 12.6. The van der Waals surface area contributed by atoms with Gasteiger partial charge >= 0.3 is 0 Å². The van der Waals surface area contributed by atoms with E-state index in [0.29, 0.717) is 16.2 Å². The number of rotatable bonds is 2. The molecular weight excluding hydrogens is 232 g/mol. The summed E-state index contributed by atoms with van der Waals surface area (Å²) in [5.74, 6) is 0.988. The molecular formula is C17H26N2. The quantitative estimate of drug-likeness (QED) is 0.778. The first-order valence-electron chi connectivity index (χ1n) is 7.88. The number of hydrogen-bond donors (Lipinski definition) is 0. The highest BCUT2D eigenvalue weighted by atomic mass is 15.3. The molecule has 4 bridgehead atoms. The third kappa shape index (κ3) is 1.79. The zero-order chi connectivity index (χ0) is 13.3. The minimum atomic E-state index is 0.541. The van der Waals surface area contributed by atoms with Gasteiger partial charge in [0.1, 0.15) is 0 Å². The molecule has 4 aliphatic rings. The van der Waals surface area contributed by atoms with E-state index in [4.69, 9.17) is 0 Å². The van der Waals surface area contributed by atoms with Crippen LogP contribution in [-0.4, -0.2) is 9.78 Å². The van der Waals surface area contributed by atoms with Gasteiger partial charge in [0.2, 0.25) is 0 Å². The van der Waals surface area contributed by atoms with Gasteiger partial charge in [-0.1, -0.05) is 13.8 Å². The third-order valence-corrected chi connectivity index (χ3v) is 6.16. The summed E-state index contributed by atoms with van der Waals surface area (Å²) < 4.78 is 2.26. The van der Waals surface area contributed by atoms with Crippen molar-refractivity contribution in [2.24, 2.45) is 22.2 Å². The van der Waals surface area contributed by atoms with Crippen molar-refractivity contribution >= 4 is 0 Å². The van der Waals surface area contributed by atoms with Crippen LogP contribution in [0.5, 0.6) is 0 Å². The Hall–Kier alpha value is -0.790. The number of aryl methyl sites for hydroxylation is 1. The largest absolute Gasteiger partial charge is 0.269 e. The van der Waals surface area contributed by atoms with Crippen LogP contribution >= 0.6 is 0 Å². The van der Waals surface area contributed by atoms with E-state index >= 15 is 0 Å². The maximum Gasteiger partial charge on any atom is 0.0492 e. The van der Waals surface area contributed by atoms with Gasteiger partial charge in [-0.25, -0.2) is 0 Å². The molecule has 4 saturated carbocycles. The Morgan fingerprint density at radius 2 is 1.84 bits per heavy atom. The predicted molar refractivity (Wildman–Crippen MR) is 76.8 cm³/mol. The Bertz CT molecular complexity index is 497. The summed E-state index contributed by atoms with van der Waals surface area (Å²) in [6.45, 7) is 8.46. The van der Waals surface area contributed by atoms with E-state index in [1.807, 2.05) is 6.20 Å². The fourth-order valence-corrected chi connectivity index (χ4v) is 6.74. The van der Waals surface area contributed by atoms with Crippen molar-refractivity contribution in [3.05, 3.63) is 18.0 Å². The fraction of sp³-hybridized carbons (Fsp3) is 0.824. The molecule has 5 rings (SSSR count). The molecule has 2 heteroatoms. The van der Waals surface area contributed by atoms with Crippen LogP contribution in [0.2, 0.25) is 0 Å². The summed E-state index contributed by atoms with van der Waals surface area (Å²) in [5, 5.41) is 4.55. The molecule has 0 amide bonds. The molecule has 0 spiro atoms. The van der Waals surface area contributed by atoms with Gasteiger partial charge in [-0.05, 0) is 73.7 Å². The fourth-order valence-electron chi connectivity index (χ4n) is 6.74. The molecule has 0 radical (unpaired) electrons. The van der Waals surface area contributed by atoms with E-state index in [1.165, 1.54) is 44.2 Å². The summed E-state index contributed by atoms with van der Waals surface area (Å²) in [5.41, 5.74) is 3.11. The van der Waals surface area contributed by atoms with Gasteiger partial charge in [0.25, 0.3) is 0 Å². The second-order valence-corrected chi connectivity index (χ2v) is 8.76. The van der Waals surface area contributed by atoms with E-state index in [1.54, 1.807) is 0 Å². The van der Waals surface area contributed by atoms with Crippen molar-refractivity contribution in [2.75, 3.05) is 0 Å². The molecule has 2 nitrogen and oxygen atoms in total. The maximum atomic E-state index is 4.55. The molecule has 104 valence electrons. The Balaban J connectivity index is 1.69. The van der Waals surface area contributed by atoms with Crippen LogP contribution in [-0.2, 0) is 6.54 Å². The molecule has 4 aliphatic carbocycles. The first-order valence-corrected chi connectivity index (χ1v) is 7.88. The number of hydrogen-bond acceptors (Lipinski definition) is 1. The van der Waals surface area contributed by atoms with Gasteiger partial charge in [0.15, 0.2) is 0 Å². The zero-order valence-electron chi connectivity index (χ0n) is 12.6. The topological polar surface area (TPSA) is 17.8 Å². The smallest absolute Gasteiger partial charge is 0.0492 e. The Kier molecular flexibility index (Phi) is 2.18. The van der Waals surface area contributed by atoms with Crippen LogP contribution in [0.1, 0.15) is 58.1 Å². The van der Waals surface area contributed by atoms with E-state index < -0.39 is 0 Å². The molecule has 0 aromatic carbocycles. The van der Waals surface area contributed by atoms with E-state index in [9.17, 15) is 0 Å². The average molecular weight is 258 g/mol. The van der Waals surface area contributed by atoms with Gasteiger partial charge in [-0.3, -0.25) is 4.68 Å². The molecule has 2 unspecified atom stereocenters. The first kappa shape index (κ1) is 12.0. The van der Waals surface area contributed by atoms with Gasteiger partial charge in [0, 0.05) is 18.4 Å². The minimum Gasteiger partial charge on any atom is -0.269 e. The van der Waals surface area contributed by atoms with Crippen molar-refractivity contribution < 1.29 is 0 Å². The summed E-state index contributed by atoms with van der Waals surface area (Å²) >= 11 is 0. The van der Waals surface area contributed by atoms with E-state index in [2.05, 4.69) is 36.6 Å². The van der Waals surface area contributed by atoms with Crippen molar-refractivity contribution in [1.82, 2.24) is 9.78 Å². The second kappa shape index (κ2) is 3.45. The summed E-state index contributed by atoms with van der Waals surface area (Å²) in [7, 11) is 0. The molecule has 1 heterocycles. The van der Waals surface area contributed by atoms with Crippen LogP contribution < -0.4 is 0 Å². The summed E-state index contributed by atoms with van der Waals surface area (Å²) in [6.07, 6.45) is 10.7. The number of nitrogens with zero attached hydrogens (tertiary/aromatic N) is 2. The lowest BCUT2D eigenvalue weighted by molar-refractivity contribution is -0.151. The minimum absolute atomic E-state index is 0.541. The molecule has 1 aromatic heterocycles. The highest BCUT2D eigenvalue weighted by Gasteiger charge is 2.60. The van der Waals surface area contributed by atoms with Gasteiger partial charge in [0.05, 0.1) is 0 Å². The van der Waals surface area contributed by atoms with Crippen LogP contribution in [0.4, 0.5) is 0 Å². The molecule has 4 fully saturated rings. The molecule has 0 N–H and O–H groups in total. The van der Waals surface area contributed by atoms with Crippen LogP contribution in [0.15, 0.2) is 12.3 Å². The Morgan fingerprint density at radius 1 is 1.16 bits per heavy atom. The Labute approximate surface area is 116 Å². The average Bonchev–Trinajstić information content (AvgIpc) is 2.57. The molecule has 0 aliphatic heterocycles. The highest BCUT2D eigenvalue weighted by molar-refractivity contribution is 5.11. The van der Waals surface area contributed by atoms with Gasteiger partial charge < -0.3 is 0 Å². The summed E-state index contributed by atoms with van der Waals surface area (Å²) in [4.78, 5) is 0.